The minimum Gasteiger partial charge on any atom is -0.481 e. The number of carbonyl (C=O) groups is 3. The number of aliphatic hydroxyl groups is 3. The number of unbranched alkanes of at least 4 members (excludes halogenated alkanes) is 6. The maximum Gasteiger partial charge on any atom is 0.481 e. The van der Waals surface area contributed by atoms with Crippen molar-refractivity contribution in [3.63, 3.8) is 0 Å². The molecule has 2 heterocycles. The summed E-state index contributed by atoms with van der Waals surface area (Å²) in [6.07, 6.45) is 40.9. The maximum absolute atomic E-state index is 13.2. The molecule has 1 aliphatic rings. The van der Waals surface area contributed by atoms with Crippen LogP contribution in [0.25, 0.3) is 0 Å². The lowest BCUT2D eigenvalue weighted by molar-refractivity contribution is -0.161. The molecular formula is C57H88N4O18P2S. The quantitative estimate of drug-likeness (QED) is 0.00991. The molecule has 460 valence electrons. The number of nitrogens with zero attached hydrogens (tertiary/aromatic N) is 2. The van der Waals surface area contributed by atoms with Crippen molar-refractivity contribution in [2.24, 2.45) is 5.73 Å². The van der Waals surface area contributed by atoms with E-state index >= 15 is 0 Å². The van der Waals surface area contributed by atoms with Gasteiger partial charge in [0.05, 0.1) is 19.3 Å². The number of nitrogen functional groups attached to an aromatic ring is 1. The highest BCUT2D eigenvalue weighted by molar-refractivity contribution is 8.00. The summed E-state index contributed by atoms with van der Waals surface area (Å²) in [7, 11) is -11.1. The van der Waals surface area contributed by atoms with Crippen LogP contribution in [0.1, 0.15) is 136 Å². The molecule has 25 heteroatoms. The predicted molar refractivity (Wildman–Crippen MR) is 317 cm³/mol. The number of carboxylic acids is 1. The van der Waals surface area contributed by atoms with Gasteiger partial charge < -0.3 is 55.9 Å². The fourth-order valence-corrected chi connectivity index (χ4v) is 10.6. The molecule has 2 unspecified atom stereocenters. The lowest BCUT2D eigenvalue weighted by atomic mass is 10.1. The van der Waals surface area contributed by atoms with Gasteiger partial charge in [0.1, 0.15) is 36.8 Å². The van der Waals surface area contributed by atoms with Crippen LogP contribution in [0.2, 0.25) is 0 Å². The first-order valence-electron chi connectivity index (χ1n) is 27.8. The summed E-state index contributed by atoms with van der Waals surface area (Å²) in [4.78, 5) is 74.0. The molecule has 1 aliphatic heterocycles. The summed E-state index contributed by atoms with van der Waals surface area (Å²) in [6, 6.07) is -0.101. The molecule has 82 heavy (non-hydrogen) atoms. The average Bonchev–Trinajstić information content (AvgIpc) is 3.92. The molecule has 1 aromatic heterocycles. The number of allylic oxidation sites excluding steroid dienone is 17. The Hall–Kier alpha value is -4.84. The zero-order valence-electron chi connectivity index (χ0n) is 47.2. The van der Waals surface area contributed by atoms with Crippen LogP contribution in [0.5, 0.6) is 0 Å². The SMILES string of the molecule is CCCCC/C=C\C\C=C/C=C/C=C/[C@@H](SC[C@H](N)C(=O)OC[C@H](COP(=O)(O)OP(=O)(O)OC[C@H]1O[C@@H](n2ccc(N)nc2=O)[C@H](O)[C@@H]1O)OC(=O)CC/C=C\C/C=C\C/C=C\C/C=C\C/C=C\CCCCC)[C@@H](O)CCCC(=O)O. The summed E-state index contributed by atoms with van der Waals surface area (Å²) < 4.78 is 57.0. The number of anilines is 1. The van der Waals surface area contributed by atoms with Gasteiger partial charge in [-0.3, -0.25) is 28.0 Å². The van der Waals surface area contributed by atoms with Crippen LogP contribution in [0.4, 0.5) is 5.82 Å². The van der Waals surface area contributed by atoms with Crippen LogP contribution in [0.15, 0.2) is 126 Å². The van der Waals surface area contributed by atoms with Gasteiger partial charge in [0.25, 0.3) is 0 Å². The van der Waals surface area contributed by atoms with E-state index in [-0.39, 0.29) is 43.7 Å². The first-order chi connectivity index (χ1) is 39.3. The molecule has 0 radical (unpaired) electrons. The van der Waals surface area contributed by atoms with Crippen molar-refractivity contribution in [2.75, 3.05) is 31.3 Å². The Morgan fingerprint density at radius 3 is 1.90 bits per heavy atom. The fraction of sp³-hybridized carbons (Fsp3) is 0.561. The Labute approximate surface area is 486 Å². The number of ether oxygens (including phenoxy) is 3. The summed E-state index contributed by atoms with van der Waals surface area (Å²) in [5, 5.41) is 40.5. The van der Waals surface area contributed by atoms with Gasteiger partial charge in [-0.05, 0) is 83.1 Å². The van der Waals surface area contributed by atoms with Gasteiger partial charge in [-0.25, -0.2) is 13.9 Å². The van der Waals surface area contributed by atoms with E-state index in [1.807, 2.05) is 36.5 Å². The molecule has 22 nitrogen and oxygen atoms in total. The van der Waals surface area contributed by atoms with E-state index in [1.54, 1.807) is 24.3 Å². The van der Waals surface area contributed by atoms with Gasteiger partial charge >= 0.3 is 39.2 Å². The van der Waals surface area contributed by atoms with E-state index in [9.17, 15) is 53.4 Å². The van der Waals surface area contributed by atoms with Crippen LogP contribution >= 0.6 is 27.4 Å². The summed E-state index contributed by atoms with van der Waals surface area (Å²) >= 11 is 1.11. The number of hydrogen-bond donors (Lipinski definition) is 8. The third-order valence-corrected chi connectivity index (χ3v) is 15.8. The normalized spacial score (nSPS) is 20.1. The van der Waals surface area contributed by atoms with Crippen LogP contribution in [-0.2, 0) is 51.1 Å². The van der Waals surface area contributed by atoms with Crippen molar-refractivity contribution in [1.29, 1.82) is 0 Å². The summed E-state index contributed by atoms with van der Waals surface area (Å²) in [6.45, 7) is 1.52. The van der Waals surface area contributed by atoms with E-state index in [1.165, 1.54) is 31.7 Å². The van der Waals surface area contributed by atoms with E-state index < -0.39 is 107 Å². The van der Waals surface area contributed by atoms with E-state index in [4.69, 9.17) is 39.8 Å². The van der Waals surface area contributed by atoms with Gasteiger partial charge in [0, 0.05) is 30.0 Å². The lowest BCUT2D eigenvalue weighted by Gasteiger charge is -2.23. The first-order valence-corrected chi connectivity index (χ1v) is 31.9. The Morgan fingerprint density at radius 1 is 0.756 bits per heavy atom. The van der Waals surface area contributed by atoms with Crippen LogP contribution in [-0.4, -0.2) is 125 Å². The van der Waals surface area contributed by atoms with Crippen LogP contribution in [0.3, 0.4) is 0 Å². The van der Waals surface area contributed by atoms with Crippen molar-refractivity contribution < 1.29 is 81.3 Å². The minimum absolute atomic E-state index is 0.0997. The number of carboxylic acid groups (broad SMARTS) is 1. The maximum atomic E-state index is 13.2. The predicted octanol–water partition coefficient (Wildman–Crippen LogP) is 9.09. The van der Waals surface area contributed by atoms with Gasteiger partial charge in [0.15, 0.2) is 12.3 Å². The molecule has 0 spiro atoms. The standard InChI is InChI=1S/C57H88N4O18P2S/c1-3-5-7-9-11-13-15-17-18-19-20-21-22-23-25-27-29-31-33-38-52(65)77-45(42-75-80(70,71)79-81(72,73)76-43-48-53(66)54(67)55(78-48)61-40-39-50(59)60-57(61)69)41-74-56(68)46(58)44-82-49(47(62)35-34-37-51(63)64)36-32-30-28-26-24-16-14-12-10-8-6-4-2/h11-14,17-18,20-21,23-26,28-32,36,39-40,45-49,53-55,62,66-67H,3-10,15-16,19,22,27,33-35,37-38,41-44,58H2,1-2H3,(H,63,64)(H,70,71)(H,72,73)(H2,59,60,69)/b13-11-,14-12-,18-17-,21-20-,25-23-,26-24-,30-28+,31-29-,36-32+/t45-,46+,47+,48-,49-,53-,54-,55-/m1/s1. The number of hydrogen-bond acceptors (Lipinski definition) is 19. The number of rotatable bonds is 45. The second kappa shape index (κ2) is 43.8. The van der Waals surface area contributed by atoms with Crippen LogP contribution < -0.4 is 17.2 Å². The molecule has 1 saturated heterocycles. The van der Waals surface area contributed by atoms with E-state index in [0.717, 1.165) is 73.9 Å². The second-order valence-corrected chi connectivity index (χ2v) is 23.2. The number of phosphoric ester groups is 2. The van der Waals surface area contributed by atoms with E-state index in [2.05, 4.69) is 71.8 Å². The van der Waals surface area contributed by atoms with Crippen molar-refractivity contribution in [2.45, 2.75) is 177 Å². The highest BCUT2D eigenvalue weighted by Crippen LogP contribution is 2.60. The highest BCUT2D eigenvalue weighted by Gasteiger charge is 2.46. The molecule has 0 amide bonds. The van der Waals surface area contributed by atoms with Gasteiger partial charge in [0.2, 0.25) is 0 Å². The molecule has 0 aliphatic carbocycles. The second-order valence-electron chi connectivity index (χ2n) is 18.9. The van der Waals surface area contributed by atoms with Crippen molar-refractivity contribution in [1.82, 2.24) is 9.55 Å². The Bertz CT molecular complexity index is 2440. The molecule has 0 saturated carbocycles. The molecule has 10 N–H and O–H groups in total. The number of aliphatic hydroxyl groups excluding tert-OH is 3. The number of phosphoric acid groups is 2. The Morgan fingerprint density at radius 2 is 1.32 bits per heavy atom. The lowest BCUT2D eigenvalue weighted by Crippen LogP contribution is -2.38. The van der Waals surface area contributed by atoms with Crippen LogP contribution in [0, 0.1) is 0 Å². The van der Waals surface area contributed by atoms with Gasteiger partial charge in [-0.2, -0.15) is 9.29 Å². The molecule has 10 atom stereocenters. The number of aromatic nitrogens is 2. The zero-order valence-corrected chi connectivity index (χ0v) is 49.8. The molecule has 1 aromatic rings. The summed E-state index contributed by atoms with van der Waals surface area (Å²) in [5.41, 5.74) is 10.7. The molecule has 0 aromatic carbocycles. The average molecular weight is 1210 g/mol. The van der Waals surface area contributed by atoms with Gasteiger partial charge in [-0.1, -0.05) is 149 Å². The molecule has 1 fully saturated rings. The fourth-order valence-electron chi connectivity index (χ4n) is 7.38. The number of thioether (sulfide) groups is 1. The number of esters is 2. The molecule has 0 bridgehead atoms. The van der Waals surface area contributed by atoms with Gasteiger partial charge in [-0.15, -0.1) is 11.8 Å². The Kier molecular flexibility index (Phi) is 39.1. The van der Waals surface area contributed by atoms with Crippen molar-refractivity contribution in [3.05, 3.63) is 132 Å². The highest BCUT2D eigenvalue weighted by atomic mass is 32.2. The van der Waals surface area contributed by atoms with E-state index in [0.29, 0.717) is 6.42 Å². The number of carbonyl (C=O) groups excluding carboxylic acids is 2. The monoisotopic (exact) mass is 1210 g/mol. The molecule has 2 rings (SSSR count). The third kappa shape index (κ3) is 34.7. The van der Waals surface area contributed by atoms with Crippen molar-refractivity contribution in [3.8, 4) is 0 Å². The third-order valence-electron chi connectivity index (χ3n) is 11.8. The number of aliphatic carboxylic acids is 1. The smallest absolute Gasteiger partial charge is 0.481 e. The largest absolute Gasteiger partial charge is 0.481 e. The minimum atomic E-state index is -5.58. The topological polar surface area (TPSA) is 349 Å². The number of nitrogens with two attached hydrogens (primary N) is 2. The molecular weight excluding hydrogens is 1120 g/mol. The first kappa shape index (κ1) is 73.3. The zero-order chi connectivity index (χ0) is 60.4. The Balaban J connectivity index is 2.07. The summed E-state index contributed by atoms with van der Waals surface area (Å²) in [5.74, 6) is -3.09. The van der Waals surface area contributed by atoms with Crippen molar-refractivity contribution >= 4 is 51.1 Å².